The lowest BCUT2D eigenvalue weighted by Gasteiger charge is -2.08. The Morgan fingerprint density at radius 1 is 1.32 bits per heavy atom. The zero-order chi connectivity index (χ0) is 14.3. The molecule has 1 aromatic carbocycles. The molecule has 0 saturated carbocycles. The first-order chi connectivity index (χ1) is 8.97. The van der Waals surface area contributed by atoms with Crippen LogP contribution in [0.1, 0.15) is 0 Å². The number of methoxy groups -OCH3 is 1. The van der Waals surface area contributed by atoms with Gasteiger partial charge in [-0.15, -0.1) is 0 Å². The van der Waals surface area contributed by atoms with E-state index in [1.165, 1.54) is 6.07 Å². The summed E-state index contributed by atoms with van der Waals surface area (Å²) >= 11 is 5.54. The molecule has 2 N–H and O–H groups in total. The lowest BCUT2D eigenvalue weighted by Crippen LogP contribution is -2.33. The second-order valence-corrected chi connectivity index (χ2v) is 5.89. The van der Waals surface area contributed by atoms with Crippen molar-refractivity contribution in [3.8, 4) is 0 Å². The molecule has 0 bridgehead atoms. The predicted molar refractivity (Wildman–Crippen MR) is 71.3 cm³/mol. The van der Waals surface area contributed by atoms with Crippen molar-refractivity contribution in [3.63, 3.8) is 0 Å². The van der Waals surface area contributed by atoms with Crippen molar-refractivity contribution in [2.75, 3.05) is 33.4 Å². The fraction of sp³-hybridized carbons (Fsp3) is 0.455. The highest BCUT2D eigenvalue weighted by atomic mass is 35.5. The van der Waals surface area contributed by atoms with Gasteiger partial charge in [0.2, 0.25) is 10.0 Å². The summed E-state index contributed by atoms with van der Waals surface area (Å²) in [7, 11) is -2.08. The summed E-state index contributed by atoms with van der Waals surface area (Å²) in [4.78, 5) is -0.0595. The Labute approximate surface area is 117 Å². The first-order valence-corrected chi connectivity index (χ1v) is 7.48. The van der Waals surface area contributed by atoms with Crippen LogP contribution in [0.3, 0.4) is 0 Å². The van der Waals surface area contributed by atoms with Crippen molar-refractivity contribution in [3.05, 3.63) is 29.0 Å². The fourth-order valence-electron chi connectivity index (χ4n) is 1.30. The molecule has 0 aromatic heterocycles. The second-order valence-electron chi connectivity index (χ2n) is 3.72. The van der Waals surface area contributed by atoms with Gasteiger partial charge < -0.3 is 10.1 Å². The van der Waals surface area contributed by atoms with E-state index < -0.39 is 15.8 Å². The minimum Gasteiger partial charge on any atom is -0.383 e. The molecule has 0 heterocycles. The Morgan fingerprint density at radius 2 is 2.05 bits per heavy atom. The highest BCUT2D eigenvalue weighted by Gasteiger charge is 2.14. The molecule has 0 spiro atoms. The van der Waals surface area contributed by atoms with Crippen LogP contribution in [0.25, 0.3) is 0 Å². The van der Waals surface area contributed by atoms with Gasteiger partial charge in [0.25, 0.3) is 0 Å². The van der Waals surface area contributed by atoms with Crippen LogP contribution < -0.4 is 10.0 Å². The molecule has 0 aliphatic carbocycles. The van der Waals surface area contributed by atoms with E-state index in [0.29, 0.717) is 19.7 Å². The van der Waals surface area contributed by atoms with E-state index in [1.807, 2.05) is 0 Å². The third-order valence-corrected chi connectivity index (χ3v) is 4.03. The van der Waals surface area contributed by atoms with Gasteiger partial charge in [-0.3, -0.25) is 0 Å². The molecule has 0 aliphatic rings. The van der Waals surface area contributed by atoms with E-state index in [2.05, 4.69) is 10.0 Å². The molecule has 1 aromatic rings. The fourth-order valence-corrected chi connectivity index (χ4v) is 2.60. The summed E-state index contributed by atoms with van der Waals surface area (Å²) in [5.41, 5.74) is 0. The molecule has 108 valence electrons. The SMILES string of the molecule is COCCNCCNS(=O)(=O)c1ccc(F)c(Cl)c1. The average molecular weight is 311 g/mol. The molecule has 0 fully saturated rings. The number of hydrogen-bond acceptors (Lipinski definition) is 4. The summed E-state index contributed by atoms with van der Waals surface area (Å²) in [6.45, 7) is 1.89. The number of nitrogens with one attached hydrogen (secondary N) is 2. The standard InChI is InChI=1S/C11H16ClFN2O3S/c1-18-7-6-14-4-5-15-19(16,17)9-2-3-11(13)10(12)8-9/h2-3,8,14-15H,4-7H2,1H3. The molecule has 0 atom stereocenters. The lowest BCUT2D eigenvalue weighted by molar-refractivity contribution is 0.199. The lowest BCUT2D eigenvalue weighted by atomic mass is 10.3. The van der Waals surface area contributed by atoms with E-state index >= 15 is 0 Å². The number of ether oxygens (including phenoxy) is 1. The van der Waals surface area contributed by atoms with E-state index in [-0.39, 0.29) is 16.5 Å². The molecule has 19 heavy (non-hydrogen) atoms. The maximum absolute atomic E-state index is 12.9. The van der Waals surface area contributed by atoms with Crippen LogP contribution in [0.15, 0.2) is 23.1 Å². The van der Waals surface area contributed by atoms with Crippen molar-refractivity contribution in [1.82, 2.24) is 10.0 Å². The van der Waals surface area contributed by atoms with Gasteiger partial charge >= 0.3 is 0 Å². The Kier molecular flexibility index (Phi) is 6.67. The van der Waals surface area contributed by atoms with E-state index in [0.717, 1.165) is 12.1 Å². The Balaban J connectivity index is 2.49. The Hall–Kier alpha value is -0.730. The monoisotopic (exact) mass is 310 g/mol. The summed E-state index contributed by atoms with van der Waals surface area (Å²) in [6, 6.07) is 3.27. The molecular formula is C11H16ClFN2O3S. The van der Waals surface area contributed by atoms with Crippen molar-refractivity contribution in [1.29, 1.82) is 0 Å². The summed E-state index contributed by atoms with van der Waals surface area (Å²) in [5, 5.41) is 2.77. The van der Waals surface area contributed by atoms with Crippen LogP contribution in [-0.4, -0.2) is 41.8 Å². The Morgan fingerprint density at radius 3 is 2.68 bits per heavy atom. The number of hydrogen-bond donors (Lipinski definition) is 2. The van der Waals surface area contributed by atoms with Crippen LogP contribution in [0.5, 0.6) is 0 Å². The smallest absolute Gasteiger partial charge is 0.240 e. The number of rotatable bonds is 8. The van der Waals surface area contributed by atoms with Gasteiger partial charge in [0, 0.05) is 26.7 Å². The minimum atomic E-state index is -3.66. The van der Waals surface area contributed by atoms with Crippen LogP contribution in [0, 0.1) is 5.82 Å². The average Bonchev–Trinajstić information content (AvgIpc) is 2.36. The van der Waals surface area contributed by atoms with Crippen molar-refractivity contribution in [2.24, 2.45) is 0 Å². The van der Waals surface area contributed by atoms with Crippen molar-refractivity contribution >= 4 is 21.6 Å². The van der Waals surface area contributed by atoms with Gasteiger partial charge in [-0.1, -0.05) is 11.6 Å². The van der Waals surface area contributed by atoms with Gasteiger partial charge in [-0.05, 0) is 18.2 Å². The number of sulfonamides is 1. The van der Waals surface area contributed by atoms with Gasteiger partial charge in [0.1, 0.15) is 5.82 Å². The molecular weight excluding hydrogens is 295 g/mol. The number of halogens is 2. The highest BCUT2D eigenvalue weighted by molar-refractivity contribution is 7.89. The zero-order valence-corrected chi connectivity index (χ0v) is 12.0. The van der Waals surface area contributed by atoms with Gasteiger partial charge in [0.15, 0.2) is 0 Å². The summed E-state index contributed by atoms with van der Waals surface area (Å²) < 4.78 is 43.8. The normalized spacial score (nSPS) is 11.7. The molecule has 0 amide bonds. The molecule has 0 radical (unpaired) electrons. The molecule has 5 nitrogen and oxygen atoms in total. The molecule has 8 heteroatoms. The first kappa shape index (κ1) is 16.3. The van der Waals surface area contributed by atoms with Gasteiger partial charge in [0.05, 0.1) is 16.5 Å². The van der Waals surface area contributed by atoms with Crippen LogP contribution in [0.2, 0.25) is 5.02 Å². The summed E-state index contributed by atoms with van der Waals surface area (Å²) in [5.74, 6) is -0.651. The van der Waals surface area contributed by atoms with E-state index in [1.54, 1.807) is 7.11 Å². The zero-order valence-electron chi connectivity index (χ0n) is 10.4. The molecule has 0 unspecified atom stereocenters. The minimum absolute atomic E-state index is 0.0595. The van der Waals surface area contributed by atoms with E-state index in [9.17, 15) is 12.8 Å². The molecule has 0 aliphatic heterocycles. The van der Waals surface area contributed by atoms with Crippen LogP contribution in [0.4, 0.5) is 4.39 Å². The van der Waals surface area contributed by atoms with Gasteiger partial charge in [-0.2, -0.15) is 0 Å². The molecule has 0 saturated heterocycles. The van der Waals surface area contributed by atoms with Crippen molar-refractivity contribution < 1.29 is 17.5 Å². The third-order valence-electron chi connectivity index (χ3n) is 2.28. The maximum Gasteiger partial charge on any atom is 0.240 e. The summed E-state index contributed by atoms with van der Waals surface area (Å²) in [6.07, 6.45) is 0. The van der Waals surface area contributed by atoms with Crippen molar-refractivity contribution in [2.45, 2.75) is 4.90 Å². The largest absolute Gasteiger partial charge is 0.383 e. The van der Waals surface area contributed by atoms with Gasteiger partial charge in [-0.25, -0.2) is 17.5 Å². The predicted octanol–water partition coefficient (Wildman–Crippen LogP) is 0.993. The maximum atomic E-state index is 12.9. The highest BCUT2D eigenvalue weighted by Crippen LogP contribution is 2.18. The first-order valence-electron chi connectivity index (χ1n) is 5.62. The second kappa shape index (κ2) is 7.76. The molecule has 1 rings (SSSR count). The van der Waals surface area contributed by atoms with Crippen LogP contribution in [-0.2, 0) is 14.8 Å². The number of benzene rings is 1. The third kappa shape index (κ3) is 5.42. The quantitative estimate of drug-likeness (QED) is 0.703. The van der Waals surface area contributed by atoms with Crippen LogP contribution >= 0.6 is 11.6 Å². The topological polar surface area (TPSA) is 67.4 Å². The Bertz CT molecular complexity index is 511. The van der Waals surface area contributed by atoms with E-state index in [4.69, 9.17) is 16.3 Å².